The van der Waals surface area contributed by atoms with Crippen molar-refractivity contribution in [1.29, 1.82) is 0 Å². The molecular formula is C15H17FN2O. The Hall–Kier alpha value is -1.97. The number of benzene rings is 1. The van der Waals surface area contributed by atoms with Crippen LogP contribution in [0.15, 0.2) is 18.2 Å². The van der Waals surface area contributed by atoms with E-state index >= 15 is 0 Å². The maximum absolute atomic E-state index is 13.2. The largest absolute Gasteiger partial charge is 0.294 e. The van der Waals surface area contributed by atoms with Crippen molar-refractivity contribution in [2.45, 2.75) is 27.2 Å². The number of halogens is 1. The third-order valence-corrected chi connectivity index (χ3v) is 3.45. The highest BCUT2D eigenvalue weighted by Crippen LogP contribution is 2.18. The maximum atomic E-state index is 13.2. The molecule has 100 valence electrons. The van der Waals surface area contributed by atoms with Crippen LogP contribution in [0.4, 0.5) is 4.39 Å². The lowest BCUT2D eigenvalue weighted by molar-refractivity contribution is 0.0991. The molecule has 0 aliphatic rings. The normalized spacial score (nSPS) is 10.8. The Morgan fingerprint density at radius 3 is 2.58 bits per heavy atom. The van der Waals surface area contributed by atoms with E-state index in [0.717, 1.165) is 22.5 Å². The highest BCUT2D eigenvalue weighted by Gasteiger charge is 2.18. The molecule has 1 aromatic heterocycles. The molecule has 0 N–H and O–H groups in total. The predicted octanol–water partition coefficient (Wildman–Crippen LogP) is 2.91. The lowest BCUT2D eigenvalue weighted by Crippen LogP contribution is -2.08. The van der Waals surface area contributed by atoms with E-state index in [2.05, 4.69) is 5.10 Å². The first-order valence-electron chi connectivity index (χ1n) is 6.18. The van der Waals surface area contributed by atoms with Gasteiger partial charge in [0, 0.05) is 19.2 Å². The Morgan fingerprint density at radius 1 is 1.32 bits per heavy atom. The van der Waals surface area contributed by atoms with E-state index in [1.54, 1.807) is 10.7 Å². The standard InChI is InChI=1S/C15H17FN2O/c1-9-5-6-13(16)7-12(9)8-14(19)15-10(2)17-18(4)11(15)3/h5-7H,8H2,1-4H3. The van der Waals surface area contributed by atoms with E-state index in [-0.39, 0.29) is 18.0 Å². The molecule has 1 heterocycles. The van der Waals surface area contributed by atoms with Crippen molar-refractivity contribution in [3.05, 3.63) is 52.1 Å². The topological polar surface area (TPSA) is 34.9 Å². The molecule has 0 aliphatic carbocycles. The average molecular weight is 260 g/mol. The van der Waals surface area contributed by atoms with Crippen molar-refractivity contribution in [2.75, 3.05) is 0 Å². The van der Waals surface area contributed by atoms with Crippen LogP contribution in [0.2, 0.25) is 0 Å². The molecule has 0 bridgehead atoms. The van der Waals surface area contributed by atoms with Gasteiger partial charge in [0.25, 0.3) is 0 Å². The van der Waals surface area contributed by atoms with Crippen LogP contribution in [-0.2, 0) is 13.5 Å². The first-order chi connectivity index (χ1) is 8.90. The Bertz CT molecular complexity index is 644. The van der Waals surface area contributed by atoms with Gasteiger partial charge in [0.1, 0.15) is 5.82 Å². The van der Waals surface area contributed by atoms with Gasteiger partial charge in [-0.25, -0.2) is 4.39 Å². The monoisotopic (exact) mass is 260 g/mol. The predicted molar refractivity (Wildman–Crippen MR) is 71.9 cm³/mol. The molecule has 0 unspecified atom stereocenters. The van der Waals surface area contributed by atoms with Crippen LogP contribution in [-0.4, -0.2) is 15.6 Å². The first kappa shape index (κ1) is 13.5. The van der Waals surface area contributed by atoms with Crippen molar-refractivity contribution in [3.8, 4) is 0 Å². The van der Waals surface area contributed by atoms with Crippen LogP contribution in [0.3, 0.4) is 0 Å². The van der Waals surface area contributed by atoms with E-state index < -0.39 is 0 Å². The molecule has 2 rings (SSSR count). The van der Waals surface area contributed by atoms with Gasteiger partial charge in [0.05, 0.1) is 11.3 Å². The zero-order valence-electron chi connectivity index (χ0n) is 11.6. The van der Waals surface area contributed by atoms with E-state index in [9.17, 15) is 9.18 Å². The third kappa shape index (κ3) is 2.57. The Morgan fingerprint density at radius 2 is 2.00 bits per heavy atom. The molecule has 0 radical (unpaired) electrons. The summed E-state index contributed by atoms with van der Waals surface area (Å²) in [5.41, 5.74) is 3.86. The SMILES string of the molecule is Cc1ccc(F)cc1CC(=O)c1c(C)nn(C)c1C. The number of aromatic nitrogens is 2. The molecule has 0 fully saturated rings. The van der Waals surface area contributed by atoms with E-state index in [0.29, 0.717) is 5.56 Å². The molecule has 0 spiro atoms. The summed E-state index contributed by atoms with van der Waals surface area (Å²) in [5.74, 6) is -0.329. The minimum atomic E-state index is -0.312. The summed E-state index contributed by atoms with van der Waals surface area (Å²) in [7, 11) is 1.81. The number of Topliss-reactive ketones (excluding diaryl/α,β-unsaturated/α-hetero) is 1. The molecule has 0 atom stereocenters. The number of carbonyl (C=O) groups is 1. The zero-order chi connectivity index (χ0) is 14.2. The van der Waals surface area contributed by atoms with Crippen molar-refractivity contribution >= 4 is 5.78 Å². The number of rotatable bonds is 3. The fourth-order valence-electron chi connectivity index (χ4n) is 2.27. The Balaban J connectivity index is 2.33. The number of hydrogen-bond donors (Lipinski definition) is 0. The second kappa shape index (κ2) is 4.96. The second-order valence-corrected chi connectivity index (χ2v) is 4.84. The number of carbonyl (C=O) groups excluding carboxylic acids is 1. The first-order valence-corrected chi connectivity index (χ1v) is 6.18. The highest BCUT2D eigenvalue weighted by molar-refractivity contribution is 5.99. The minimum absolute atomic E-state index is 0.0169. The lowest BCUT2D eigenvalue weighted by Gasteiger charge is -2.06. The molecule has 2 aromatic rings. The van der Waals surface area contributed by atoms with Crippen LogP contribution < -0.4 is 0 Å². The summed E-state index contributed by atoms with van der Waals surface area (Å²) < 4.78 is 14.9. The van der Waals surface area contributed by atoms with E-state index in [1.807, 2.05) is 27.8 Å². The van der Waals surface area contributed by atoms with Gasteiger partial charge in [-0.1, -0.05) is 6.07 Å². The van der Waals surface area contributed by atoms with Gasteiger partial charge in [-0.2, -0.15) is 5.10 Å². The van der Waals surface area contributed by atoms with Gasteiger partial charge in [-0.3, -0.25) is 9.48 Å². The number of ketones is 1. The highest BCUT2D eigenvalue weighted by atomic mass is 19.1. The molecular weight excluding hydrogens is 243 g/mol. The zero-order valence-corrected chi connectivity index (χ0v) is 11.6. The summed E-state index contributed by atoms with van der Waals surface area (Å²) in [5, 5.41) is 4.24. The van der Waals surface area contributed by atoms with Crippen LogP contribution in [0.1, 0.15) is 32.9 Å². The maximum Gasteiger partial charge on any atom is 0.170 e. The summed E-state index contributed by atoms with van der Waals surface area (Å²) in [6, 6.07) is 4.53. The molecule has 0 saturated carbocycles. The fourth-order valence-corrected chi connectivity index (χ4v) is 2.27. The molecule has 0 saturated heterocycles. The van der Waals surface area contributed by atoms with Crippen molar-refractivity contribution in [2.24, 2.45) is 7.05 Å². The molecule has 3 nitrogen and oxygen atoms in total. The van der Waals surface area contributed by atoms with Crippen LogP contribution in [0.25, 0.3) is 0 Å². The van der Waals surface area contributed by atoms with Gasteiger partial charge in [-0.15, -0.1) is 0 Å². The van der Waals surface area contributed by atoms with Gasteiger partial charge in [-0.05, 0) is 44.0 Å². The number of hydrogen-bond acceptors (Lipinski definition) is 2. The summed E-state index contributed by atoms with van der Waals surface area (Å²) in [4.78, 5) is 12.4. The lowest BCUT2D eigenvalue weighted by atomic mass is 9.98. The van der Waals surface area contributed by atoms with Gasteiger partial charge in [0.15, 0.2) is 5.78 Å². The van der Waals surface area contributed by atoms with Crippen LogP contribution in [0.5, 0.6) is 0 Å². The van der Waals surface area contributed by atoms with Gasteiger partial charge >= 0.3 is 0 Å². The van der Waals surface area contributed by atoms with Gasteiger partial charge in [0.2, 0.25) is 0 Å². The minimum Gasteiger partial charge on any atom is -0.294 e. The summed E-state index contributed by atoms with van der Waals surface area (Å²) in [6.45, 7) is 5.56. The smallest absolute Gasteiger partial charge is 0.170 e. The second-order valence-electron chi connectivity index (χ2n) is 4.84. The fraction of sp³-hybridized carbons (Fsp3) is 0.333. The Labute approximate surface area is 112 Å². The average Bonchev–Trinajstić information content (AvgIpc) is 2.58. The molecule has 19 heavy (non-hydrogen) atoms. The number of nitrogens with zero attached hydrogens (tertiary/aromatic N) is 2. The summed E-state index contributed by atoms with van der Waals surface area (Å²) in [6.07, 6.45) is 0.205. The molecule has 0 amide bonds. The third-order valence-electron chi connectivity index (χ3n) is 3.45. The number of aryl methyl sites for hydroxylation is 3. The summed E-state index contributed by atoms with van der Waals surface area (Å²) >= 11 is 0. The molecule has 4 heteroatoms. The molecule has 0 aliphatic heterocycles. The van der Waals surface area contributed by atoms with Crippen LogP contribution in [0, 0.1) is 26.6 Å². The van der Waals surface area contributed by atoms with Gasteiger partial charge < -0.3 is 0 Å². The van der Waals surface area contributed by atoms with Crippen molar-refractivity contribution < 1.29 is 9.18 Å². The van der Waals surface area contributed by atoms with E-state index in [4.69, 9.17) is 0 Å². The quantitative estimate of drug-likeness (QED) is 0.795. The molecule has 1 aromatic carbocycles. The van der Waals surface area contributed by atoms with Crippen molar-refractivity contribution in [3.63, 3.8) is 0 Å². The Kier molecular flexibility index (Phi) is 3.51. The van der Waals surface area contributed by atoms with Crippen LogP contribution >= 0.6 is 0 Å². The van der Waals surface area contributed by atoms with Crippen molar-refractivity contribution in [1.82, 2.24) is 9.78 Å². The van der Waals surface area contributed by atoms with E-state index in [1.165, 1.54) is 12.1 Å².